The number of nitrogens with zero attached hydrogens (tertiary/aromatic N) is 1. The van der Waals surface area contributed by atoms with E-state index in [1.165, 1.54) is 12.1 Å². The molecular formula is C22H27ClN4O3S2. The molecule has 2 atom stereocenters. The van der Waals surface area contributed by atoms with E-state index in [2.05, 4.69) is 21.9 Å². The van der Waals surface area contributed by atoms with Crippen LogP contribution in [0.15, 0.2) is 52.4 Å². The van der Waals surface area contributed by atoms with Gasteiger partial charge in [0.2, 0.25) is 0 Å². The zero-order valence-corrected chi connectivity index (χ0v) is 20.4. The SMILES string of the molecule is CCCC1CNCCN1S(=O)c1ccc(S(=O)(=O)Nc2ccc(Cl)c3c(C)c[nH]c23)cc1. The standard InChI is InChI=1S/C22H27ClN4O3S2/c1-3-4-16-14-24-11-12-27(16)31(28)17-5-7-18(8-6-17)32(29,30)26-20-10-9-19(23)21-15(2)13-25-22(20)21/h5-10,13,16,24-26H,3-4,11-12,14H2,1-2H3. The van der Waals surface area contributed by atoms with E-state index in [1.54, 1.807) is 30.5 Å². The molecule has 32 heavy (non-hydrogen) atoms. The minimum Gasteiger partial charge on any atom is -0.359 e. The molecule has 4 rings (SSSR count). The third kappa shape index (κ3) is 4.58. The van der Waals surface area contributed by atoms with Gasteiger partial charge in [0.05, 0.1) is 26.0 Å². The van der Waals surface area contributed by atoms with Crippen LogP contribution in [0.3, 0.4) is 0 Å². The van der Waals surface area contributed by atoms with E-state index in [-0.39, 0.29) is 10.9 Å². The molecule has 3 N–H and O–H groups in total. The van der Waals surface area contributed by atoms with Crippen molar-refractivity contribution in [2.24, 2.45) is 0 Å². The summed E-state index contributed by atoms with van der Waals surface area (Å²) in [5.74, 6) is 0. The van der Waals surface area contributed by atoms with Crippen molar-refractivity contribution < 1.29 is 12.6 Å². The van der Waals surface area contributed by atoms with Crippen LogP contribution in [0.1, 0.15) is 25.3 Å². The van der Waals surface area contributed by atoms with Crippen LogP contribution in [-0.4, -0.2) is 47.6 Å². The number of rotatable bonds is 7. The van der Waals surface area contributed by atoms with Crippen molar-refractivity contribution in [3.05, 3.63) is 53.2 Å². The van der Waals surface area contributed by atoms with Crippen LogP contribution in [-0.2, 0) is 21.0 Å². The molecule has 0 amide bonds. The second kappa shape index (κ2) is 9.52. The molecule has 0 spiro atoms. The Kier molecular flexibility index (Phi) is 6.92. The predicted molar refractivity (Wildman–Crippen MR) is 130 cm³/mol. The fraction of sp³-hybridized carbons (Fsp3) is 0.364. The zero-order chi connectivity index (χ0) is 22.9. The molecule has 1 aromatic heterocycles. The van der Waals surface area contributed by atoms with Gasteiger partial charge in [-0.25, -0.2) is 16.9 Å². The van der Waals surface area contributed by atoms with Crippen LogP contribution < -0.4 is 10.0 Å². The van der Waals surface area contributed by atoms with Gasteiger partial charge in [-0.3, -0.25) is 4.72 Å². The highest BCUT2D eigenvalue weighted by atomic mass is 35.5. The van der Waals surface area contributed by atoms with Gasteiger partial charge in [0.25, 0.3) is 10.0 Å². The van der Waals surface area contributed by atoms with Gasteiger partial charge in [0.15, 0.2) is 0 Å². The summed E-state index contributed by atoms with van der Waals surface area (Å²) >= 11 is 6.27. The summed E-state index contributed by atoms with van der Waals surface area (Å²) < 4.78 is 43.8. The van der Waals surface area contributed by atoms with E-state index >= 15 is 0 Å². The van der Waals surface area contributed by atoms with E-state index in [1.807, 2.05) is 11.2 Å². The van der Waals surface area contributed by atoms with Crippen molar-refractivity contribution >= 4 is 49.2 Å². The second-order valence-corrected chi connectivity index (χ2v) is 11.5. The molecule has 1 aliphatic rings. The van der Waals surface area contributed by atoms with Crippen LogP contribution in [0.25, 0.3) is 10.9 Å². The van der Waals surface area contributed by atoms with Gasteiger partial charge < -0.3 is 10.3 Å². The third-order valence-electron chi connectivity index (χ3n) is 5.69. The fourth-order valence-electron chi connectivity index (χ4n) is 4.06. The molecule has 0 saturated carbocycles. The van der Waals surface area contributed by atoms with E-state index in [9.17, 15) is 12.6 Å². The number of halogens is 1. The number of piperazine rings is 1. The smallest absolute Gasteiger partial charge is 0.261 e. The summed E-state index contributed by atoms with van der Waals surface area (Å²) in [5.41, 5.74) is 2.00. The predicted octanol–water partition coefficient (Wildman–Crippen LogP) is 4.03. The Morgan fingerprint density at radius 1 is 1.22 bits per heavy atom. The fourth-order valence-corrected chi connectivity index (χ4v) is 6.79. The van der Waals surface area contributed by atoms with Crippen molar-refractivity contribution in [1.29, 1.82) is 0 Å². The number of aromatic nitrogens is 1. The zero-order valence-electron chi connectivity index (χ0n) is 18.0. The lowest BCUT2D eigenvalue weighted by Crippen LogP contribution is -2.51. The van der Waals surface area contributed by atoms with Crippen LogP contribution >= 0.6 is 11.6 Å². The maximum Gasteiger partial charge on any atom is 0.261 e. The number of hydrogen-bond donors (Lipinski definition) is 3. The van der Waals surface area contributed by atoms with Crippen molar-refractivity contribution in [3.8, 4) is 0 Å². The molecule has 0 aliphatic carbocycles. The first-order chi connectivity index (χ1) is 15.3. The largest absolute Gasteiger partial charge is 0.359 e. The Morgan fingerprint density at radius 2 is 1.97 bits per heavy atom. The lowest BCUT2D eigenvalue weighted by Gasteiger charge is -2.34. The lowest BCUT2D eigenvalue weighted by molar-refractivity contribution is 0.266. The van der Waals surface area contributed by atoms with E-state index in [0.29, 0.717) is 27.7 Å². The second-order valence-electron chi connectivity index (χ2n) is 7.93. The summed E-state index contributed by atoms with van der Waals surface area (Å²) in [7, 11) is -5.17. The van der Waals surface area contributed by atoms with E-state index < -0.39 is 21.0 Å². The highest BCUT2D eigenvalue weighted by molar-refractivity contribution is 7.92. The molecule has 2 aromatic carbocycles. The molecule has 1 saturated heterocycles. The Morgan fingerprint density at radius 3 is 2.69 bits per heavy atom. The van der Waals surface area contributed by atoms with Crippen molar-refractivity contribution in [2.75, 3.05) is 24.4 Å². The Hall–Kier alpha value is -1.91. The number of sulfonamides is 1. The number of aromatic amines is 1. The molecule has 1 aliphatic heterocycles. The first kappa shape index (κ1) is 23.3. The Labute approximate surface area is 196 Å². The maximum atomic E-state index is 13.1. The Balaban J connectivity index is 1.56. The number of aryl methyl sites for hydroxylation is 1. The molecule has 0 bridgehead atoms. The van der Waals surface area contributed by atoms with Gasteiger partial charge >= 0.3 is 0 Å². The summed E-state index contributed by atoms with van der Waals surface area (Å²) in [4.78, 5) is 3.79. The molecule has 1 fully saturated rings. The van der Waals surface area contributed by atoms with Crippen LogP contribution in [0, 0.1) is 6.92 Å². The average Bonchev–Trinajstić information content (AvgIpc) is 3.19. The quantitative estimate of drug-likeness (QED) is 0.462. The van der Waals surface area contributed by atoms with Crippen molar-refractivity contribution in [1.82, 2.24) is 14.6 Å². The van der Waals surface area contributed by atoms with Crippen LogP contribution in [0.4, 0.5) is 5.69 Å². The first-order valence-corrected chi connectivity index (χ1v) is 13.6. The van der Waals surface area contributed by atoms with Crippen molar-refractivity contribution in [3.63, 3.8) is 0 Å². The van der Waals surface area contributed by atoms with Gasteiger partial charge in [0, 0.05) is 37.3 Å². The normalized spacial score (nSPS) is 18.7. The Bertz CT molecular complexity index is 1240. The third-order valence-corrected chi connectivity index (χ3v) is 8.97. The average molecular weight is 495 g/mol. The highest BCUT2D eigenvalue weighted by Gasteiger charge is 2.27. The number of anilines is 1. The molecule has 3 aromatic rings. The summed E-state index contributed by atoms with van der Waals surface area (Å²) in [6, 6.07) is 9.78. The molecule has 0 radical (unpaired) electrons. The monoisotopic (exact) mass is 494 g/mol. The molecule has 7 nitrogen and oxygen atoms in total. The molecular weight excluding hydrogens is 468 g/mol. The van der Waals surface area contributed by atoms with E-state index in [0.717, 1.165) is 36.9 Å². The van der Waals surface area contributed by atoms with Gasteiger partial charge in [-0.1, -0.05) is 24.9 Å². The summed E-state index contributed by atoms with van der Waals surface area (Å²) in [6.07, 6.45) is 3.77. The van der Waals surface area contributed by atoms with Gasteiger partial charge in [0.1, 0.15) is 11.0 Å². The molecule has 2 unspecified atom stereocenters. The number of fused-ring (bicyclic) bond motifs is 1. The number of nitrogens with one attached hydrogen (secondary N) is 3. The van der Waals surface area contributed by atoms with Crippen LogP contribution in [0.5, 0.6) is 0 Å². The summed E-state index contributed by atoms with van der Waals surface area (Å²) in [5, 5.41) is 4.70. The molecule has 10 heteroatoms. The summed E-state index contributed by atoms with van der Waals surface area (Å²) in [6.45, 7) is 6.32. The lowest BCUT2D eigenvalue weighted by atomic mass is 10.1. The van der Waals surface area contributed by atoms with Gasteiger partial charge in [-0.15, -0.1) is 0 Å². The molecule has 172 valence electrons. The minimum atomic E-state index is -3.83. The minimum absolute atomic E-state index is 0.107. The van der Waals surface area contributed by atoms with Gasteiger partial charge in [-0.2, -0.15) is 0 Å². The maximum absolute atomic E-state index is 13.1. The van der Waals surface area contributed by atoms with Crippen molar-refractivity contribution in [2.45, 2.75) is 42.5 Å². The van der Waals surface area contributed by atoms with Crippen LogP contribution in [0.2, 0.25) is 5.02 Å². The number of hydrogen-bond acceptors (Lipinski definition) is 4. The first-order valence-electron chi connectivity index (χ1n) is 10.6. The molecule has 2 heterocycles. The number of H-pyrrole nitrogens is 1. The number of benzene rings is 2. The topological polar surface area (TPSA) is 94.3 Å². The van der Waals surface area contributed by atoms with E-state index in [4.69, 9.17) is 11.6 Å². The van der Waals surface area contributed by atoms with Gasteiger partial charge in [-0.05, 0) is 55.3 Å². The highest BCUT2D eigenvalue weighted by Crippen LogP contribution is 2.33.